The van der Waals surface area contributed by atoms with Crippen LogP contribution in [-0.4, -0.2) is 40.7 Å². The van der Waals surface area contributed by atoms with Crippen LogP contribution >= 0.6 is 0 Å². The number of nitrogens with one attached hydrogen (secondary N) is 1. The van der Waals surface area contributed by atoms with E-state index in [1.165, 1.54) is 0 Å². The van der Waals surface area contributed by atoms with Crippen LogP contribution in [0.1, 0.15) is 29.2 Å². The van der Waals surface area contributed by atoms with Crippen molar-refractivity contribution < 1.29 is 8.42 Å². The Bertz CT molecular complexity index is 816. The Kier molecular flexibility index (Phi) is 4.98. The first kappa shape index (κ1) is 17.1. The van der Waals surface area contributed by atoms with E-state index in [0.29, 0.717) is 0 Å². The fourth-order valence-electron chi connectivity index (χ4n) is 2.98. The quantitative estimate of drug-likeness (QED) is 0.872. The van der Waals surface area contributed by atoms with E-state index in [9.17, 15) is 8.42 Å². The molecule has 0 fully saturated rings. The van der Waals surface area contributed by atoms with Crippen molar-refractivity contribution in [1.29, 1.82) is 0 Å². The highest BCUT2D eigenvalue weighted by molar-refractivity contribution is 7.88. The second kappa shape index (κ2) is 7.00. The maximum absolute atomic E-state index is 11.3. The number of aromatic nitrogens is 3. The first-order valence-corrected chi connectivity index (χ1v) is 9.92. The third-order valence-corrected chi connectivity index (χ3v) is 4.78. The van der Waals surface area contributed by atoms with E-state index >= 15 is 0 Å². The molecule has 3 rings (SSSR count). The van der Waals surface area contributed by atoms with Crippen LogP contribution in [0.3, 0.4) is 0 Å². The zero-order valence-corrected chi connectivity index (χ0v) is 14.9. The van der Waals surface area contributed by atoms with Crippen LogP contribution in [0.15, 0.2) is 24.5 Å². The highest BCUT2D eigenvalue weighted by Gasteiger charge is 2.19. The van der Waals surface area contributed by atoms with E-state index < -0.39 is 10.0 Å². The summed E-state index contributed by atoms with van der Waals surface area (Å²) >= 11 is 0. The standard InChI is InChI=1S/C16H23N5O2S/c1-13-5-3-6-14(19-13)10-20-7-4-8-21-12-17-15(16(21)11-20)9-18-24(2,22)23/h3,5-6,12,18H,4,7-11H2,1-2H3. The molecule has 7 nitrogen and oxygen atoms in total. The third-order valence-electron chi connectivity index (χ3n) is 4.11. The number of sulfonamides is 1. The minimum absolute atomic E-state index is 0.234. The van der Waals surface area contributed by atoms with E-state index in [1.807, 2.05) is 31.5 Å². The van der Waals surface area contributed by atoms with E-state index in [2.05, 4.69) is 24.2 Å². The van der Waals surface area contributed by atoms with Crippen molar-refractivity contribution in [3.63, 3.8) is 0 Å². The number of nitrogens with zero attached hydrogens (tertiary/aromatic N) is 4. The van der Waals surface area contributed by atoms with Gasteiger partial charge >= 0.3 is 0 Å². The Hall–Kier alpha value is -1.77. The number of imidazole rings is 1. The van der Waals surface area contributed by atoms with Crippen molar-refractivity contribution in [2.24, 2.45) is 0 Å². The van der Waals surface area contributed by atoms with E-state index in [4.69, 9.17) is 0 Å². The normalized spacial score (nSPS) is 15.9. The Morgan fingerprint density at radius 2 is 2.12 bits per heavy atom. The lowest BCUT2D eigenvalue weighted by Gasteiger charge is -2.20. The second-order valence-electron chi connectivity index (χ2n) is 6.26. The molecule has 1 aliphatic rings. The fraction of sp³-hybridized carbons (Fsp3) is 0.500. The Balaban J connectivity index is 1.75. The molecule has 130 valence electrons. The molecule has 3 heterocycles. The molecular weight excluding hydrogens is 326 g/mol. The summed E-state index contributed by atoms with van der Waals surface area (Å²) in [6, 6.07) is 6.07. The van der Waals surface area contributed by atoms with Gasteiger partial charge < -0.3 is 4.57 Å². The number of aryl methyl sites for hydroxylation is 2. The van der Waals surface area contributed by atoms with Gasteiger partial charge in [0.25, 0.3) is 0 Å². The number of hydrogen-bond donors (Lipinski definition) is 1. The summed E-state index contributed by atoms with van der Waals surface area (Å²) in [5.74, 6) is 0. The fourth-order valence-corrected chi connectivity index (χ4v) is 3.38. The van der Waals surface area contributed by atoms with Crippen molar-refractivity contribution in [1.82, 2.24) is 24.2 Å². The van der Waals surface area contributed by atoms with E-state index in [-0.39, 0.29) is 6.54 Å². The van der Waals surface area contributed by atoms with Gasteiger partial charge in [-0.2, -0.15) is 0 Å². The van der Waals surface area contributed by atoms with Crippen LogP contribution in [0, 0.1) is 6.92 Å². The summed E-state index contributed by atoms with van der Waals surface area (Å²) in [6.45, 7) is 5.64. The molecule has 0 aliphatic carbocycles. The SMILES string of the molecule is Cc1cccc(CN2CCCn3cnc(CNS(C)(=O)=O)c3C2)n1. The van der Waals surface area contributed by atoms with Crippen molar-refractivity contribution in [3.8, 4) is 0 Å². The number of hydrogen-bond acceptors (Lipinski definition) is 5. The van der Waals surface area contributed by atoms with Gasteiger partial charge in [-0.25, -0.2) is 18.1 Å². The van der Waals surface area contributed by atoms with Crippen LogP contribution in [-0.2, 0) is 36.2 Å². The molecular formula is C16H23N5O2S. The maximum Gasteiger partial charge on any atom is 0.209 e. The molecule has 1 N–H and O–H groups in total. The lowest BCUT2D eigenvalue weighted by Crippen LogP contribution is -2.26. The van der Waals surface area contributed by atoms with E-state index in [0.717, 1.165) is 61.6 Å². The molecule has 24 heavy (non-hydrogen) atoms. The molecule has 0 saturated heterocycles. The molecule has 0 saturated carbocycles. The third kappa shape index (κ3) is 4.40. The van der Waals surface area contributed by atoms with Crippen molar-refractivity contribution in [2.75, 3.05) is 12.8 Å². The number of rotatable bonds is 5. The van der Waals surface area contributed by atoms with Crippen LogP contribution in [0.4, 0.5) is 0 Å². The summed E-state index contributed by atoms with van der Waals surface area (Å²) in [5, 5.41) is 0. The Morgan fingerprint density at radius 3 is 2.88 bits per heavy atom. The zero-order chi connectivity index (χ0) is 17.2. The molecule has 0 bridgehead atoms. The van der Waals surface area contributed by atoms with Gasteiger partial charge in [0.05, 0.1) is 36.2 Å². The lowest BCUT2D eigenvalue weighted by atomic mass is 10.2. The van der Waals surface area contributed by atoms with Crippen LogP contribution in [0.2, 0.25) is 0 Å². The first-order chi connectivity index (χ1) is 11.4. The van der Waals surface area contributed by atoms with Gasteiger partial charge in [-0.05, 0) is 25.5 Å². The summed E-state index contributed by atoms with van der Waals surface area (Å²) < 4.78 is 27.3. The van der Waals surface area contributed by atoms with Gasteiger partial charge in [-0.1, -0.05) is 6.07 Å². The van der Waals surface area contributed by atoms with Crippen LogP contribution in [0.5, 0.6) is 0 Å². The van der Waals surface area contributed by atoms with Crippen LogP contribution in [0.25, 0.3) is 0 Å². The van der Waals surface area contributed by atoms with E-state index in [1.54, 1.807) is 0 Å². The van der Waals surface area contributed by atoms with Gasteiger partial charge in [0.15, 0.2) is 0 Å². The molecule has 8 heteroatoms. The lowest BCUT2D eigenvalue weighted by molar-refractivity contribution is 0.257. The summed E-state index contributed by atoms with van der Waals surface area (Å²) in [7, 11) is -3.23. The molecule has 0 atom stereocenters. The summed E-state index contributed by atoms with van der Waals surface area (Å²) in [4.78, 5) is 11.3. The Morgan fingerprint density at radius 1 is 1.29 bits per heavy atom. The minimum Gasteiger partial charge on any atom is -0.333 e. The number of fused-ring (bicyclic) bond motifs is 1. The topological polar surface area (TPSA) is 80.1 Å². The van der Waals surface area contributed by atoms with Gasteiger partial charge in [-0.15, -0.1) is 0 Å². The van der Waals surface area contributed by atoms with Crippen molar-refractivity contribution >= 4 is 10.0 Å². The van der Waals surface area contributed by atoms with Gasteiger partial charge in [0.2, 0.25) is 10.0 Å². The molecule has 0 unspecified atom stereocenters. The predicted molar refractivity (Wildman–Crippen MR) is 91.6 cm³/mol. The predicted octanol–water partition coefficient (Wildman–Crippen LogP) is 1.04. The summed E-state index contributed by atoms with van der Waals surface area (Å²) in [6.07, 6.45) is 4.01. The first-order valence-electron chi connectivity index (χ1n) is 8.03. The second-order valence-corrected chi connectivity index (χ2v) is 8.09. The molecule has 2 aromatic heterocycles. The average Bonchev–Trinajstić information content (AvgIpc) is 2.75. The molecule has 1 aliphatic heterocycles. The van der Waals surface area contributed by atoms with Crippen LogP contribution < -0.4 is 4.72 Å². The monoisotopic (exact) mass is 349 g/mol. The van der Waals surface area contributed by atoms with Gasteiger partial charge in [-0.3, -0.25) is 9.88 Å². The molecule has 0 radical (unpaired) electrons. The summed E-state index contributed by atoms with van der Waals surface area (Å²) in [5.41, 5.74) is 3.95. The smallest absolute Gasteiger partial charge is 0.209 e. The Labute approximate surface area is 142 Å². The average molecular weight is 349 g/mol. The number of pyridine rings is 1. The molecule has 2 aromatic rings. The molecule has 0 spiro atoms. The van der Waals surface area contributed by atoms with Gasteiger partial charge in [0, 0.05) is 31.9 Å². The van der Waals surface area contributed by atoms with Crippen molar-refractivity contribution in [2.45, 2.75) is 39.5 Å². The minimum atomic E-state index is -3.23. The molecule has 0 amide bonds. The molecule has 0 aromatic carbocycles. The zero-order valence-electron chi connectivity index (χ0n) is 14.1. The highest BCUT2D eigenvalue weighted by atomic mass is 32.2. The highest BCUT2D eigenvalue weighted by Crippen LogP contribution is 2.18. The largest absolute Gasteiger partial charge is 0.333 e. The maximum atomic E-state index is 11.3. The van der Waals surface area contributed by atoms with Crippen molar-refractivity contribution in [3.05, 3.63) is 47.3 Å². The van der Waals surface area contributed by atoms with Gasteiger partial charge in [0.1, 0.15) is 0 Å².